The number of nitrogens with one attached hydrogen (secondary N) is 1. The summed E-state index contributed by atoms with van der Waals surface area (Å²) in [7, 11) is 0. The Hall–Kier alpha value is -2.37. The first-order chi connectivity index (χ1) is 9.67. The molecule has 0 unspecified atom stereocenters. The van der Waals surface area contributed by atoms with Crippen LogP contribution in [0.25, 0.3) is 0 Å². The van der Waals surface area contributed by atoms with E-state index in [9.17, 15) is 14.4 Å². The van der Waals surface area contributed by atoms with Gasteiger partial charge in [-0.3, -0.25) is 14.4 Å². The Balaban J connectivity index is 1.74. The lowest BCUT2D eigenvalue weighted by atomic mass is 10.1. The topological polar surface area (TPSA) is 69.7 Å². The molecule has 0 aliphatic carbocycles. The highest BCUT2D eigenvalue weighted by Gasteiger charge is 2.24. The summed E-state index contributed by atoms with van der Waals surface area (Å²) in [6.07, 6.45) is 1.14. The zero-order chi connectivity index (χ0) is 14.1. The van der Waals surface area contributed by atoms with Gasteiger partial charge < -0.3 is 15.1 Å². The maximum atomic E-state index is 12.4. The molecule has 0 atom stereocenters. The second kappa shape index (κ2) is 4.96. The van der Waals surface area contributed by atoms with E-state index in [2.05, 4.69) is 5.32 Å². The third kappa shape index (κ3) is 2.24. The van der Waals surface area contributed by atoms with Gasteiger partial charge in [-0.25, -0.2) is 0 Å². The summed E-state index contributed by atoms with van der Waals surface area (Å²) in [5, 5.41) is 2.75. The van der Waals surface area contributed by atoms with Gasteiger partial charge in [-0.2, -0.15) is 0 Å². The summed E-state index contributed by atoms with van der Waals surface area (Å²) in [6, 6.07) is 5.29. The number of hydrogen-bond donors (Lipinski definition) is 1. The van der Waals surface area contributed by atoms with E-state index in [0.29, 0.717) is 38.2 Å². The molecule has 20 heavy (non-hydrogen) atoms. The van der Waals surface area contributed by atoms with Crippen molar-refractivity contribution in [3.8, 4) is 0 Å². The second-order valence-corrected chi connectivity index (χ2v) is 5.03. The number of benzene rings is 1. The van der Waals surface area contributed by atoms with Crippen LogP contribution in [0.1, 0.15) is 15.9 Å². The van der Waals surface area contributed by atoms with Crippen LogP contribution in [0.3, 0.4) is 0 Å². The Morgan fingerprint density at radius 2 is 1.95 bits per heavy atom. The minimum Gasteiger partial charge on any atom is -0.342 e. The van der Waals surface area contributed by atoms with Crippen molar-refractivity contribution in [1.82, 2.24) is 9.80 Å². The molecule has 0 saturated carbocycles. The molecule has 0 spiro atoms. The Kier molecular flexibility index (Phi) is 3.14. The van der Waals surface area contributed by atoms with E-state index in [0.717, 1.165) is 17.7 Å². The smallest absolute Gasteiger partial charge is 0.253 e. The van der Waals surface area contributed by atoms with Crippen molar-refractivity contribution in [2.24, 2.45) is 0 Å². The Labute approximate surface area is 116 Å². The van der Waals surface area contributed by atoms with Crippen LogP contribution < -0.4 is 5.32 Å². The molecule has 6 heteroatoms. The fraction of sp³-hybridized carbons (Fsp3) is 0.357. The quantitative estimate of drug-likeness (QED) is 0.777. The standard InChI is InChI=1S/C14H15N3O3/c18-9-16-3-5-17(6-4-16)14(20)10-1-2-12-11(7-10)8-13(19)15-12/h1-2,7,9H,3-6,8H2,(H,15,19). The predicted molar refractivity (Wildman–Crippen MR) is 72.3 cm³/mol. The third-order valence-corrected chi connectivity index (χ3v) is 3.73. The van der Waals surface area contributed by atoms with Gasteiger partial charge >= 0.3 is 0 Å². The number of amides is 3. The van der Waals surface area contributed by atoms with Gasteiger partial charge in [0.15, 0.2) is 0 Å². The molecule has 3 amide bonds. The van der Waals surface area contributed by atoms with Crippen LogP contribution in [0.4, 0.5) is 5.69 Å². The molecule has 2 aliphatic rings. The van der Waals surface area contributed by atoms with E-state index in [-0.39, 0.29) is 11.8 Å². The van der Waals surface area contributed by atoms with Gasteiger partial charge in [0.05, 0.1) is 6.42 Å². The maximum absolute atomic E-state index is 12.4. The average molecular weight is 273 g/mol. The highest BCUT2D eigenvalue weighted by Crippen LogP contribution is 2.24. The van der Waals surface area contributed by atoms with E-state index < -0.39 is 0 Å². The van der Waals surface area contributed by atoms with E-state index in [1.54, 1.807) is 28.0 Å². The number of piperazine rings is 1. The highest BCUT2D eigenvalue weighted by molar-refractivity contribution is 6.01. The third-order valence-electron chi connectivity index (χ3n) is 3.73. The molecule has 1 N–H and O–H groups in total. The van der Waals surface area contributed by atoms with Gasteiger partial charge in [0, 0.05) is 37.4 Å². The van der Waals surface area contributed by atoms with Crippen molar-refractivity contribution in [2.75, 3.05) is 31.5 Å². The first-order valence-corrected chi connectivity index (χ1v) is 6.59. The molecule has 1 aromatic carbocycles. The van der Waals surface area contributed by atoms with Crippen molar-refractivity contribution < 1.29 is 14.4 Å². The fourth-order valence-electron chi connectivity index (χ4n) is 2.58. The monoisotopic (exact) mass is 273 g/mol. The molecular formula is C14H15N3O3. The molecule has 1 fully saturated rings. The van der Waals surface area contributed by atoms with Crippen molar-refractivity contribution in [3.05, 3.63) is 29.3 Å². The van der Waals surface area contributed by atoms with Gasteiger partial charge in [0.2, 0.25) is 12.3 Å². The van der Waals surface area contributed by atoms with Gasteiger partial charge in [-0.05, 0) is 23.8 Å². The zero-order valence-electron chi connectivity index (χ0n) is 11.0. The molecule has 3 rings (SSSR count). The number of hydrogen-bond acceptors (Lipinski definition) is 3. The van der Waals surface area contributed by atoms with E-state index in [1.165, 1.54) is 0 Å². The van der Waals surface area contributed by atoms with Crippen molar-refractivity contribution in [3.63, 3.8) is 0 Å². The fourth-order valence-corrected chi connectivity index (χ4v) is 2.58. The molecule has 6 nitrogen and oxygen atoms in total. The molecule has 2 aliphatic heterocycles. The van der Waals surface area contributed by atoms with E-state index >= 15 is 0 Å². The molecule has 0 bridgehead atoms. The maximum Gasteiger partial charge on any atom is 0.253 e. The summed E-state index contributed by atoms with van der Waals surface area (Å²) in [5.41, 5.74) is 2.25. The number of anilines is 1. The van der Waals surface area contributed by atoms with Gasteiger partial charge in [-0.1, -0.05) is 0 Å². The summed E-state index contributed by atoms with van der Waals surface area (Å²) < 4.78 is 0. The molecule has 104 valence electrons. The zero-order valence-corrected chi connectivity index (χ0v) is 11.0. The first kappa shape index (κ1) is 12.7. The van der Waals surface area contributed by atoms with Gasteiger partial charge in [-0.15, -0.1) is 0 Å². The minimum absolute atomic E-state index is 0.0378. The number of fused-ring (bicyclic) bond motifs is 1. The van der Waals surface area contributed by atoms with Gasteiger partial charge in [0.1, 0.15) is 0 Å². The number of rotatable bonds is 2. The highest BCUT2D eigenvalue weighted by atomic mass is 16.2. The van der Waals surface area contributed by atoms with Crippen molar-refractivity contribution >= 4 is 23.9 Å². The number of carbonyl (C=O) groups is 3. The normalized spacial score (nSPS) is 17.7. The molecule has 0 aromatic heterocycles. The van der Waals surface area contributed by atoms with Crippen molar-refractivity contribution in [2.45, 2.75) is 6.42 Å². The lowest BCUT2D eigenvalue weighted by Gasteiger charge is -2.32. The molecule has 2 heterocycles. The lowest BCUT2D eigenvalue weighted by molar-refractivity contribution is -0.119. The summed E-state index contributed by atoms with van der Waals surface area (Å²) in [4.78, 5) is 37.7. The van der Waals surface area contributed by atoms with Crippen LogP contribution in [-0.2, 0) is 16.0 Å². The second-order valence-electron chi connectivity index (χ2n) is 5.03. The summed E-state index contributed by atoms with van der Waals surface area (Å²) in [5.74, 6) is -0.0816. The number of carbonyl (C=O) groups excluding carboxylic acids is 3. The van der Waals surface area contributed by atoms with Crippen LogP contribution in [0, 0.1) is 0 Å². The van der Waals surface area contributed by atoms with Crippen LogP contribution in [-0.4, -0.2) is 54.2 Å². The minimum atomic E-state index is -0.0438. The Morgan fingerprint density at radius 1 is 1.20 bits per heavy atom. The summed E-state index contributed by atoms with van der Waals surface area (Å²) in [6.45, 7) is 2.23. The van der Waals surface area contributed by atoms with Crippen LogP contribution in [0.2, 0.25) is 0 Å². The average Bonchev–Trinajstić information content (AvgIpc) is 2.85. The van der Waals surface area contributed by atoms with Crippen LogP contribution >= 0.6 is 0 Å². The lowest BCUT2D eigenvalue weighted by Crippen LogP contribution is -2.48. The molecule has 0 radical (unpaired) electrons. The first-order valence-electron chi connectivity index (χ1n) is 6.59. The number of nitrogens with zero attached hydrogens (tertiary/aromatic N) is 2. The Bertz CT molecular complexity index is 577. The van der Waals surface area contributed by atoms with Gasteiger partial charge in [0.25, 0.3) is 5.91 Å². The molecule has 1 aromatic rings. The Morgan fingerprint density at radius 3 is 2.65 bits per heavy atom. The molecule has 1 saturated heterocycles. The van der Waals surface area contributed by atoms with Crippen LogP contribution in [0.15, 0.2) is 18.2 Å². The largest absolute Gasteiger partial charge is 0.342 e. The summed E-state index contributed by atoms with van der Waals surface area (Å²) >= 11 is 0. The molecular weight excluding hydrogens is 258 g/mol. The van der Waals surface area contributed by atoms with E-state index in [1.807, 2.05) is 0 Å². The predicted octanol–water partition coefficient (Wildman–Crippen LogP) is 0.0954. The SMILES string of the molecule is O=CN1CCN(C(=O)c2ccc3c(c2)CC(=O)N3)CC1. The van der Waals surface area contributed by atoms with Crippen molar-refractivity contribution in [1.29, 1.82) is 0 Å². The van der Waals surface area contributed by atoms with Crippen LogP contribution in [0.5, 0.6) is 0 Å². The van der Waals surface area contributed by atoms with E-state index in [4.69, 9.17) is 0 Å².